The Morgan fingerprint density at radius 2 is 1.85 bits per heavy atom. The van der Waals surface area contributed by atoms with Crippen molar-refractivity contribution in [3.8, 4) is 0 Å². The van der Waals surface area contributed by atoms with Crippen LogP contribution in [0.1, 0.15) is 18.4 Å². The molecule has 1 aliphatic rings. The van der Waals surface area contributed by atoms with Gasteiger partial charge < -0.3 is 15.7 Å². The van der Waals surface area contributed by atoms with Crippen LogP contribution in [-0.4, -0.2) is 38.8 Å². The minimum Gasteiger partial charge on any atom is -0.369 e. The maximum Gasteiger partial charge on any atom is 0.314 e. The van der Waals surface area contributed by atoms with Crippen LogP contribution in [0.15, 0.2) is 21.7 Å². The van der Waals surface area contributed by atoms with Crippen molar-refractivity contribution in [3.63, 3.8) is 0 Å². The van der Waals surface area contributed by atoms with E-state index in [4.69, 9.17) is 5.73 Å². The number of piperidine rings is 1. The second kappa shape index (κ2) is 7.79. The minimum absolute atomic E-state index is 0. The highest BCUT2D eigenvalue weighted by Gasteiger charge is 2.24. The van der Waals surface area contributed by atoms with Gasteiger partial charge in [0, 0.05) is 24.6 Å². The first-order chi connectivity index (χ1) is 11.8. The van der Waals surface area contributed by atoms with Crippen LogP contribution in [0.25, 0.3) is 11.0 Å². The number of nitro groups is 1. The number of aromatic amines is 2. The van der Waals surface area contributed by atoms with Crippen molar-refractivity contribution in [2.75, 3.05) is 13.1 Å². The number of hydrogen-bond acceptors (Lipinski definition) is 6. The zero-order valence-electron chi connectivity index (χ0n) is 13.7. The van der Waals surface area contributed by atoms with Gasteiger partial charge in [0.05, 0.1) is 16.0 Å². The highest BCUT2D eigenvalue weighted by molar-refractivity contribution is 8.93. The maximum atomic E-state index is 11.6. The molecule has 3 rings (SSSR count). The van der Waals surface area contributed by atoms with E-state index in [0.29, 0.717) is 43.6 Å². The third kappa shape index (κ3) is 3.99. The number of nitrogens with two attached hydrogens (primary N) is 1. The Bertz CT molecular complexity index is 961. The quantitative estimate of drug-likeness (QED) is 0.364. The number of aromatic nitrogens is 2. The first-order valence-electron chi connectivity index (χ1n) is 7.80. The summed E-state index contributed by atoms with van der Waals surface area (Å²) in [5.74, 6) is -0.475. The smallest absolute Gasteiger partial charge is 0.314 e. The van der Waals surface area contributed by atoms with Gasteiger partial charge in [0.25, 0.3) is 5.69 Å². The highest BCUT2D eigenvalue weighted by Crippen LogP contribution is 2.25. The summed E-state index contributed by atoms with van der Waals surface area (Å²) in [6.07, 6.45) is 1.24. The van der Waals surface area contributed by atoms with Gasteiger partial charge in [-0.3, -0.25) is 29.4 Å². The monoisotopic (exact) mass is 427 g/mol. The summed E-state index contributed by atoms with van der Waals surface area (Å²) in [6.45, 7) is 1.59. The van der Waals surface area contributed by atoms with Crippen LogP contribution >= 0.6 is 17.0 Å². The van der Waals surface area contributed by atoms with Gasteiger partial charge in [-0.1, -0.05) is 0 Å². The number of H-pyrrole nitrogens is 2. The molecular weight excluding hydrogens is 410 g/mol. The summed E-state index contributed by atoms with van der Waals surface area (Å²) >= 11 is 0. The van der Waals surface area contributed by atoms with Crippen LogP contribution in [0.2, 0.25) is 0 Å². The van der Waals surface area contributed by atoms with Crippen LogP contribution in [0.5, 0.6) is 0 Å². The molecule has 1 amide bonds. The summed E-state index contributed by atoms with van der Waals surface area (Å²) in [5.41, 5.74) is 4.59. The van der Waals surface area contributed by atoms with E-state index in [-0.39, 0.29) is 40.0 Å². The molecule has 11 heteroatoms. The lowest BCUT2D eigenvalue weighted by Gasteiger charge is -2.30. The van der Waals surface area contributed by atoms with E-state index in [0.717, 1.165) is 0 Å². The molecule has 0 aliphatic carbocycles. The number of rotatable bonds is 4. The van der Waals surface area contributed by atoms with Gasteiger partial charge in [-0.25, -0.2) is 0 Å². The molecule has 10 nitrogen and oxygen atoms in total. The summed E-state index contributed by atoms with van der Waals surface area (Å²) < 4.78 is 0. The van der Waals surface area contributed by atoms with E-state index in [9.17, 15) is 24.5 Å². The second-order valence-corrected chi connectivity index (χ2v) is 6.15. The van der Waals surface area contributed by atoms with Gasteiger partial charge in [0.15, 0.2) is 0 Å². The van der Waals surface area contributed by atoms with Crippen LogP contribution in [0, 0.1) is 16.0 Å². The predicted molar refractivity (Wildman–Crippen MR) is 99.4 cm³/mol. The number of nitro benzene ring substituents is 1. The van der Waals surface area contributed by atoms with Crippen molar-refractivity contribution in [1.29, 1.82) is 0 Å². The number of non-ortho nitro benzene ring substituents is 1. The molecule has 4 N–H and O–H groups in total. The molecule has 0 spiro atoms. The number of carbonyl (C=O) groups is 1. The Morgan fingerprint density at radius 3 is 2.42 bits per heavy atom. The lowest BCUT2D eigenvalue weighted by atomic mass is 9.96. The van der Waals surface area contributed by atoms with Gasteiger partial charge in [-0.05, 0) is 31.5 Å². The van der Waals surface area contributed by atoms with Crippen LogP contribution in [-0.2, 0) is 11.3 Å². The SMILES string of the molecule is Br.NC(=O)C1CCN(Cc2cc([N+](=O)[O-])cc3[nH]c(=O)c(=O)[nH]c23)CC1. The van der Waals surface area contributed by atoms with Crippen molar-refractivity contribution in [2.45, 2.75) is 19.4 Å². The predicted octanol–water partition coefficient (Wildman–Crippen LogP) is 0.400. The lowest BCUT2D eigenvalue weighted by molar-refractivity contribution is -0.384. The standard InChI is InChI=1S/C15H17N5O5.BrH/c16-13(21)8-1-3-19(4-2-8)7-9-5-10(20(24)25)6-11-12(9)18-15(23)14(22)17-11;/h5-6,8H,1-4,7H2,(H2,16,21)(H,17,22)(H,18,23);1H. The number of likely N-dealkylation sites (tertiary alicyclic amines) is 1. The van der Waals surface area contributed by atoms with Gasteiger partial charge in [-0.2, -0.15) is 0 Å². The summed E-state index contributed by atoms with van der Waals surface area (Å²) in [7, 11) is 0. The van der Waals surface area contributed by atoms with Gasteiger partial charge in [0.1, 0.15) is 0 Å². The van der Waals surface area contributed by atoms with E-state index >= 15 is 0 Å². The summed E-state index contributed by atoms with van der Waals surface area (Å²) in [4.78, 5) is 51.8. The van der Waals surface area contributed by atoms with Crippen LogP contribution in [0.3, 0.4) is 0 Å². The van der Waals surface area contributed by atoms with Gasteiger partial charge in [-0.15, -0.1) is 17.0 Å². The average Bonchev–Trinajstić information content (AvgIpc) is 2.56. The fourth-order valence-electron chi connectivity index (χ4n) is 3.13. The molecule has 0 bridgehead atoms. The van der Waals surface area contributed by atoms with E-state index < -0.39 is 16.0 Å². The van der Waals surface area contributed by atoms with E-state index in [1.807, 2.05) is 4.90 Å². The molecule has 2 aromatic rings. The molecule has 1 aliphatic heterocycles. The molecule has 2 heterocycles. The van der Waals surface area contributed by atoms with Crippen LogP contribution in [0.4, 0.5) is 5.69 Å². The zero-order valence-corrected chi connectivity index (χ0v) is 15.4. The first kappa shape index (κ1) is 19.8. The Morgan fingerprint density at radius 1 is 1.23 bits per heavy atom. The molecular formula is C15H18BrN5O5. The number of primary amides is 1. The summed E-state index contributed by atoms with van der Waals surface area (Å²) in [6, 6.07) is 2.60. The number of nitrogens with one attached hydrogen (secondary N) is 2. The molecule has 1 fully saturated rings. The van der Waals surface area contributed by atoms with Crippen molar-refractivity contribution < 1.29 is 9.72 Å². The first-order valence-corrected chi connectivity index (χ1v) is 7.80. The van der Waals surface area contributed by atoms with Crippen molar-refractivity contribution in [1.82, 2.24) is 14.9 Å². The molecule has 0 atom stereocenters. The Hall–Kier alpha value is -2.53. The largest absolute Gasteiger partial charge is 0.369 e. The molecule has 0 unspecified atom stereocenters. The molecule has 1 aromatic carbocycles. The van der Waals surface area contributed by atoms with Gasteiger partial charge in [0.2, 0.25) is 5.91 Å². The van der Waals surface area contributed by atoms with E-state index in [1.54, 1.807) is 0 Å². The normalized spacial score (nSPS) is 15.5. The van der Waals surface area contributed by atoms with Gasteiger partial charge >= 0.3 is 11.1 Å². The molecule has 1 aromatic heterocycles. The lowest BCUT2D eigenvalue weighted by Crippen LogP contribution is -2.38. The van der Waals surface area contributed by atoms with Crippen LogP contribution < -0.4 is 16.9 Å². The third-order valence-electron chi connectivity index (χ3n) is 4.49. The van der Waals surface area contributed by atoms with Crippen molar-refractivity contribution in [3.05, 3.63) is 48.5 Å². The Balaban J connectivity index is 0.00000243. The van der Waals surface area contributed by atoms with Crippen molar-refractivity contribution >= 4 is 39.6 Å². The number of nitrogens with zero attached hydrogens (tertiary/aromatic N) is 2. The minimum atomic E-state index is -0.860. The van der Waals surface area contributed by atoms with E-state index in [2.05, 4.69) is 9.97 Å². The molecule has 0 radical (unpaired) electrons. The second-order valence-electron chi connectivity index (χ2n) is 6.15. The molecule has 26 heavy (non-hydrogen) atoms. The number of amides is 1. The number of fused-ring (bicyclic) bond motifs is 1. The zero-order chi connectivity index (χ0) is 18.1. The maximum absolute atomic E-state index is 11.6. The molecule has 0 saturated carbocycles. The van der Waals surface area contributed by atoms with E-state index in [1.165, 1.54) is 12.1 Å². The number of halogens is 1. The fourth-order valence-corrected chi connectivity index (χ4v) is 3.13. The topological polar surface area (TPSA) is 155 Å². The Labute approximate surface area is 157 Å². The third-order valence-corrected chi connectivity index (χ3v) is 4.49. The molecule has 1 saturated heterocycles. The number of carbonyl (C=O) groups excluding carboxylic acids is 1. The number of hydrogen-bond donors (Lipinski definition) is 3. The fraction of sp³-hybridized carbons (Fsp3) is 0.400. The Kier molecular flexibility index (Phi) is 5.93. The molecule has 140 valence electrons. The highest BCUT2D eigenvalue weighted by atomic mass is 79.9. The summed E-state index contributed by atoms with van der Waals surface area (Å²) in [5, 5.41) is 11.1. The number of benzene rings is 1. The average molecular weight is 428 g/mol. The van der Waals surface area contributed by atoms with Crippen molar-refractivity contribution in [2.24, 2.45) is 11.7 Å².